The molecule has 106 valence electrons. The first-order valence-electron chi connectivity index (χ1n) is 6.31. The molecule has 1 fully saturated rings. The van der Waals surface area contributed by atoms with E-state index in [0.717, 1.165) is 0 Å². The van der Waals surface area contributed by atoms with Crippen molar-refractivity contribution in [2.75, 3.05) is 20.3 Å². The van der Waals surface area contributed by atoms with E-state index in [1.54, 1.807) is 13.1 Å². The molecule has 1 saturated heterocycles. The molecule has 1 aromatic rings. The van der Waals surface area contributed by atoms with Crippen molar-refractivity contribution in [3.8, 4) is 0 Å². The van der Waals surface area contributed by atoms with Gasteiger partial charge in [0.2, 0.25) is 0 Å². The van der Waals surface area contributed by atoms with Crippen molar-refractivity contribution >= 4 is 5.91 Å². The molecule has 6 heteroatoms. The van der Waals surface area contributed by atoms with Crippen LogP contribution >= 0.6 is 0 Å². The molecule has 1 aliphatic rings. The zero-order valence-corrected chi connectivity index (χ0v) is 11.7. The number of nitrogens with zero attached hydrogens (tertiary/aromatic N) is 2. The molecular formula is C13H20N2O4. The molecule has 1 amide bonds. The SMILES string of the molecule is CN(C(=O)c1cc(C(C)(C)C)on1)[C@@H]1COC[C@H]1O. The minimum Gasteiger partial charge on any atom is -0.388 e. The van der Waals surface area contributed by atoms with Gasteiger partial charge in [0.1, 0.15) is 5.76 Å². The molecule has 1 N–H and O–H groups in total. The number of aliphatic hydroxyl groups excluding tert-OH is 1. The maximum absolute atomic E-state index is 12.3. The van der Waals surface area contributed by atoms with Crippen LogP contribution in [-0.4, -0.2) is 53.5 Å². The molecule has 2 atom stereocenters. The van der Waals surface area contributed by atoms with Crippen molar-refractivity contribution in [1.29, 1.82) is 0 Å². The highest BCUT2D eigenvalue weighted by molar-refractivity contribution is 5.92. The predicted molar refractivity (Wildman–Crippen MR) is 67.9 cm³/mol. The topological polar surface area (TPSA) is 75.8 Å². The molecule has 0 aromatic carbocycles. The largest absolute Gasteiger partial charge is 0.388 e. The summed E-state index contributed by atoms with van der Waals surface area (Å²) in [6.07, 6.45) is -0.650. The summed E-state index contributed by atoms with van der Waals surface area (Å²) in [6, 6.07) is 1.32. The van der Waals surface area contributed by atoms with Crippen LogP contribution in [0.1, 0.15) is 37.0 Å². The number of hydrogen-bond donors (Lipinski definition) is 1. The smallest absolute Gasteiger partial charge is 0.276 e. The highest BCUT2D eigenvalue weighted by atomic mass is 16.5. The number of amides is 1. The fourth-order valence-corrected chi connectivity index (χ4v) is 1.96. The van der Waals surface area contributed by atoms with Crippen molar-refractivity contribution in [3.63, 3.8) is 0 Å². The summed E-state index contributed by atoms with van der Waals surface area (Å²) in [7, 11) is 1.64. The van der Waals surface area contributed by atoms with Crippen molar-refractivity contribution < 1.29 is 19.2 Å². The van der Waals surface area contributed by atoms with E-state index in [0.29, 0.717) is 12.4 Å². The Morgan fingerprint density at radius 3 is 2.63 bits per heavy atom. The maximum Gasteiger partial charge on any atom is 0.276 e. The number of likely N-dealkylation sites (N-methyl/N-ethyl adjacent to an activating group) is 1. The number of aliphatic hydroxyl groups is 1. The predicted octanol–water partition coefficient (Wildman–Crippen LogP) is 0.804. The van der Waals surface area contributed by atoms with Crippen molar-refractivity contribution in [2.45, 2.75) is 38.3 Å². The van der Waals surface area contributed by atoms with Crippen LogP contribution in [0.15, 0.2) is 10.6 Å². The summed E-state index contributed by atoms with van der Waals surface area (Å²) in [5.74, 6) is 0.390. The summed E-state index contributed by atoms with van der Waals surface area (Å²) in [5.41, 5.74) is 0.0617. The average Bonchev–Trinajstić information content (AvgIpc) is 2.94. The van der Waals surface area contributed by atoms with Crippen LogP contribution in [0, 0.1) is 0 Å². The van der Waals surface area contributed by atoms with E-state index in [2.05, 4.69) is 5.16 Å². The van der Waals surface area contributed by atoms with Crippen molar-refractivity contribution in [2.24, 2.45) is 0 Å². The zero-order valence-electron chi connectivity index (χ0n) is 11.7. The first-order valence-corrected chi connectivity index (χ1v) is 6.31. The van der Waals surface area contributed by atoms with E-state index in [1.807, 2.05) is 20.8 Å². The van der Waals surface area contributed by atoms with E-state index in [9.17, 15) is 9.90 Å². The molecule has 0 saturated carbocycles. The summed E-state index contributed by atoms with van der Waals surface area (Å²) in [6.45, 7) is 6.56. The van der Waals surface area contributed by atoms with Gasteiger partial charge in [0.05, 0.1) is 25.4 Å². The summed E-state index contributed by atoms with van der Waals surface area (Å²) < 4.78 is 10.3. The van der Waals surface area contributed by atoms with E-state index in [4.69, 9.17) is 9.26 Å². The minimum atomic E-state index is -0.650. The molecule has 2 rings (SSSR count). The Kier molecular flexibility index (Phi) is 3.64. The summed E-state index contributed by atoms with van der Waals surface area (Å²) >= 11 is 0. The lowest BCUT2D eigenvalue weighted by atomic mass is 9.93. The second-order valence-electron chi connectivity index (χ2n) is 5.91. The molecule has 0 radical (unpaired) electrons. The minimum absolute atomic E-state index is 0.194. The van der Waals surface area contributed by atoms with E-state index < -0.39 is 6.10 Å². The number of hydrogen-bond acceptors (Lipinski definition) is 5. The molecule has 6 nitrogen and oxygen atoms in total. The second kappa shape index (κ2) is 4.94. The molecular weight excluding hydrogens is 248 g/mol. The van der Waals surface area contributed by atoms with Gasteiger partial charge in [-0.3, -0.25) is 4.79 Å². The molecule has 0 bridgehead atoms. The van der Waals surface area contributed by atoms with Gasteiger partial charge in [0.25, 0.3) is 5.91 Å². The molecule has 2 heterocycles. The highest BCUT2D eigenvalue weighted by Crippen LogP contribution is 2.23. The molecule has 1 aliphatic heterocycles. The molecule has 0 aliphatic carbocycles. The Labute approximate surface area is 112 Å². The molecule has 0 unspecified atom stereocenters. The van der Waals surface area contributed by atoms with Crippen LogP contribution in [0.2, 0.25) is 0 Å². The lowest BCUT2D eigenvalue weighted by Gasteiger charge is -2.24. The van der Waals surface area contributed by atoms with Crippen LogP contribution in [0.3, 0.4) is 0 Å². The van der Waals surface area contributed by atoms with Crippen LogP contribution in [-0.2, 0) is 10.2 Å². The number of rotatable bonds is 2. The van der Waals surface area contributed by atoms with Gasteiger partial charge in [-0.2, -0.15) is 0 Å². The van der Waals surface area contributed by atoms with Crippen LogP contribution < -0.4 is 0 Å². The van der Waals surface area contributed by atoms with E-state index >= 15 is 0 Å². The van der Waals surface area contributed by atoms with Crippen LogP contribution in [0.5, 0.6) is 0 Å². The lowest BCUT2D eigenvalue weighted by Crippen LogP contribution is -2.44. The zero-order chi connectivity index (χ0) is 14.2. The normalized spacial score (nSPS) is 23.6. The number of aromatic nitrogens is 1. The van der Waals surface area contributed by atoms with Crippen molar-refractivity contribution in [1.82, 2.24) is 10.1 Å². The Morgan fingerprint density at radius 2 is 2.16 bits per heavy atom. The van der Waals surface area contributed by atoms with Gasteiger partial charge in [-0.05, 0) is 0 Å². The number of carbonyl (C=O) groups excluding carboxylic acids is 1. The third-order valence-corrected chi connectivity index (χ3v) is 3.31. The molecule has 19 heavy (non-hydrogen) atoms. The quantitative estimate of drug-likeness (QED) is 0.858. The van der Waals surface area contributed by atoms with Gasteiger partial charge in [0, 0.05) is 18.5 Å². The van der Waals surface area contributed by atoms with E-state index in [1.165, 1.54) is 4.90 Å². The number of carbonyl (C=O) groups is 1. The Hall–Kier alpha value is -1.40. The standard InChI is InChI=1S/C13H20N2O4/c1-13(2,3)11-5-8(14-19-11)12(17)15(4)9-6-18-7-10(9)16/h5,9-10,16H,6-7H2,1-4H3/t9-,10-/m1/s1. The summed E-state index contributed by atoms with van der Waals surface area (Å²) in [4.78, 5) is 13.7. The van der Waals surface area contributed by atoms with Gasteiger partial charge in [0.15, 0.2) is 5.69 Å². The van der Waals surface area contributed by atoms with Crippen LogP contribution in [0.4, 0.5) is 0 Å². The van der Waals surface area contributed by atoms with Crippen LogP contribution in [0.25, 0.3) is 0 Å². The Bertz CT molecular complexity index is 463. The third-order valence-electron chi connectivity index (χ3n) is 3.31. The van der Waals surface area contributed by atoms with E-state index in [-0.39, 0.29) is 29.7 Å². The lowest BCUT2D eigenvalue weighted by molar-refractivity contribution is 0.0571. The van der Waals surface area contributed by atoms with Gasteiger partial charge in [-0.1, -0.05) is 25.9 Å². The number of ether oxygens (including phenoxy) is 1. The Balaban J connectivity index is 2.13. The monoisotopic (exact) mass is 268 g/mol. The third kappa shape index (κ3) is 2.79. The van der Waals surface area contributed by atoms with Gasteiger partial charge < -0.3 is 19.3 Å². The molecule has 1 aromatic heterocycles. The fourth-order valence-electron chi connectivity index (χ4n) is 1.96. The Morgan fingerprint density at radius 1 is 1.47 bits per heavy atom. The molecule has 0 spiro atoms. The highest BCUT2D eigenvalue weighted by Gasteiger charge is 2.34. The average molecular weight is 268 g/mol. The summed E-state index contributed by atoms with van der Waals surface area (Å²) in [5, 5.41) is 13.5. The van der Waals surface area contributed by atoms with Gasteiger partial charge in [-0.15, -0.1) is 0 Å². The van der Waals surface area contributed by atoms with Gasteiger partial charge >= 0.3 is 0 Å². The first-order chi connectivity index (χ1) is 8.80. The fraction of sp³-hybridized carbons (Fsp3) is 0.692. The first kappa shape index (κ1) is 14.0. The maximum atomic E-state index is 12.3. The van der Waals surface area contributed by atoms with Gasteiger partial charge in [-0.25, -0.2) is 0 Å². The van der Waals surface area contributed by atoms with Crippen molar-refractivity contribution in [3.05, 3.63) is 17.5 Å². The second-order valence-corrected chi connectivity index (χ2v) is 5.91.